The number of rotatable bonds is 7. The van der Waals surface area contributed by atoms with Crippen LogP contribution in [0, 0.1) is 5.92 Å². The Labute approximate surface area is 184 Å². The number of ether oxygens (including phenoxy) is 1. The van der Waals surface area contributed by atoms with Gasteiger partial charge in [0.05, 0.1) is 12.0 Å². The van der Waals surface area contributed by atoms with Gasteiger partial charge in [0, 0.05) is 44.0 Å². The van der Waals surface area contributed by atoms with Crippen molar-refractivity contribution in [2.75, 3.05) is 44.7 Å². The van der Waals surface area contributed by atoms with E-state index in [1.165, 1.54) is 42.8 Å². The molecule has 0 unspecified atom stereocenters. The van der Waals surface area contributed by atoms with Crippen LogP contribution in [0.2, 0.25) is 0 Å². The summed E-state index contributed by atoms with van der Waals surface area (Å²) in [6, 6.07) is 12.6. The summed E-state index contributed by atoms with van der Waals surface area (Å²) in [5.41, 5.74) is 1.26. The van der Waals surface area contributed by atoms with Crippen LogP contribution in [0.4, 0.5) is 5.69 Å². The van der Waals surface area contributed by atoms with E-state index in [2.05, 4.69) is 33.3 Å². The molecule has 2 aromatic rings. The summed E-state index contributed by atoms with van der Waals surface area (Å²) in [5.74, 6) is 1.83. The number of carbonyl (C=O) groups is 1. The number of benzene rings is 1. The fraction of sp³-hybridized carbons (Fsp3) is 0.542. The molecular formula is C24H33N3O2S. The number of amides is 1. The summed E-state index contributed by atoms with van der Waals surface area (Å²) in [6.45, 7) is 5.61. The number of hydrogen-bond donors (Lipinski definition) is 1. The summed E-state index contributed by atoms with van der Waals surface area (Å²) >= 11 is 1.52. The van der Waals surface area contributed by atoms with Gasteiger partial charge in [0.15, 0.2) is 0 Å². The van der Waals surface area contributed by atoms with E-state index in [4.69, 9.17) is 4.74 Å². The molecule has 4 rings (SSSR count). The molecule has 0 bridgehead atoms. The van der Waals surface area contributed by atoms with Gasteiger partial charge < -0.3 is 15.0 Å². The van der Waals surface area contributed by atoms with Gasteiger partial charge in [-0.15, -0.1) is 11.3 Å². The Balaban J connectivity index is 1.14. The minimum absolute atomic E-state index is 0.0994. The van der Waals surface area contributed by atoms with E-state index in [0.717, 1.165) is 55.6 Å². The summed E-state index contributed by atoms with van der Waals surface area (Å²) < 4.78 is 5.36. The Morgan fingerprint density at radius 1 is 1.10 bits per heavy atom. The SMILES string of the molecule is COc1cccc(N2CCN(CCC3CCC(NC(=O)c4cccs4)CC3)CC2)c1. The Bertz CT molecular complexity index is 795. The van der Waals surface area contributed by atoms with Crippen molar-refractivity contribution in [1.29, 1.82) is 0 Å². The molecule has 5 nitrogen and oxygen atoms in total. The highest BCUT2D eigenvalue weighted by atomic mass is 32.1. The maximum Gasteiger partial charge on any atom is 0.261 e. The molecule has 1 saturated carbocycles. The first-order chi connectivity index (χ1) is 14.7. The maximum absolute atomic E-state index is 12.2. The quantitative estimate of drug-likeness (QED) is 0.717. The third-order valence-corrected chi connectivity index (χ3v) is 7.44. The molecule has 0 spiro atoms. The first-order valence-corrected chi connectivity index (χ1v) is 12.0. The summed E-state index contributed by atoms with van der Waals surface area (Å²) in [7, 11) is 1.72. The molecule has 1 aliphatic carbocycles. The number of hydrogen-bond acceptors (Lipinski definition) is 5. The molecule has 0 atom stereocenters. The van der Waals surface area contributed by atoms with Gasteiger partial charge in [-0.25, -0.2) is 0 Å². The molecule has 2 heterocycles. The predicted molar refractivity (Wildman–Crippen MR) is 124 cm³/mol. The van der Waals surface area contributed by atoms with Crippen LogP contribution in [-0.4, -0.2) is 56.7 Å². The molecule has 1 aromatic heterocycles. The van der Waals surface area contributed by atoms with Crippen LogP contribution < -0.4 is 15.0 Å². The van der Waals surface area contributed by atoms with E-state index in [9.17, 15) is 4.79 Å². The first kappa shape index (κ1) is 21.2. The second kappa shape index (κ2) is 10.3. The van der Waals surface area contributed by atoms with Crippen molar-refractivity contribution in [1.82, 2.24) is 10.2 Å². The van der Waals surface area contributed by atoms with Gasteiger partial charge in [0.25, 0.3) is 5.91 Å². The Hall–Kier alpha value is -2.05. The second-order valence-electron chi connectivity index (χ2n) is 8.49. The molecule has 6 heteroatoms. The van der Waals surface area contributed by atoms with E-state index in [1.54, 1.807) is 7.11 Å². The predicted octanol–water partition coefficient (Wildman–Crippen LogP) is 4.26. The zero-order valence-corrected chi connectivity index (χ0v) is 18.7. The van der Waals surface area contributed by atoms with E-state index < -0.39 is 0 Å². The first-order valence-electron chi connectivity index (χ1n) is 11.2. The van der Waals surface area contributed by atoms with Crippen LogP contribution >= 0.6 is 11.3 Å². The van der Waals surface area contributed by atoms with Crippen LogP contribution in [0.1, 0.15) is 41.8 Å². The maximum atomic E-state index is 12.2. The summed E-state index contributed by atoms with van der Waals surface area (Å²) in [4.78, 5) is 18.1. The second-order valence-corrected chi connectivity index (χ2v) is 9.43. The van der Waals surface area contributed by atoms with Crippen molar-refractivity contribution in [2.45, 2.75) is 38.1 Å². The van der Waals surface area contributed by atoms with E-state index in [0.29, 0.717) is 6.04 Å². The lowest BCUT2D eigenvalue weighted by atomic mass is 9.84. The largest absolute Gasteiger partial charge is 0.497 e. The lowest BCUT2D eigenvalue weighted by Gasteiger charge is -2.37. The smallest absolute Gasteiger partial charge is 0.261 e. The van der Waals surface area contributed by atoms with Crippen LogP contribution in [0.3, 0.4) is 0 Å². The van der Waals surface area contributed by atoms with Gasteiger partial charge in [0.2, 0.25) is 0 Å². The monoisotopic (exact) mass is 427 g/mol. The van der Waals surface area contributed by atoms with Crippen molar-refractivity contribution in [3.8, 4) is 5.75 Å². The lowest BCUT2D eigenvalue weighted by molar-refractivity contribution is 0.0924. The fourth-order valence-electron chi connectivity index (χ4n) is 4.66. The molecule has 162 valence electrons. The van der Waals surface area contributed by atoms with Crippen molar-refractivity contribution in [2.24, 2.45) is 5.92 Å². The van der Waals surface area contributed by atoms with Crippen molar-refractivity contribution >= 4 is 22.9 Å². The lowest BCUT2D eigenvalue weighted by Crippen LogP contribution is -2.47. The highest BCUT2D eigenvalue weighted by Crippen LogP contribution is 2.28. The standard InChI is InChI=1S/C24H33N3O2S/c1-29-22-5-2-4-21(18-22)27-15-13-26(14-16-27)12-11-19-7-9-20(10-8-19)25-24(28)23-6-3-17-30-23/h2-6,17-20H,7-16H2,1H3,(H,25,28). The molecule has 2 fully saturated rings. The average Bonchev–Trinajstić information content (AvgIpc) is 3.34. The van der Waals surface area contributed by atoms with Crippen LogP contribution in [-0.2, 0) is 0 Å². The number of thiophene rings is 1. The zero-order chi connectivity index (χ0) is 20.8. The van der Waals surface area contributed by atoms with E-state index >= 15 is 0 Å². The molecule has 0 radical (unpaired) electrons. The molecular weight excluding hydrogens is 394 g/mol. The number of nitrogens with zero attached hydrogens (tertiary/aromatic N) is 2. The number of methoxy groups -OCH3 is 1. The Kier molecular flexibility index (Phi) is 7.28. The highest BCUT2D eigenvalue weighted by Gasteiger charge is 2.24. The number of anilines is 1. The molecule has 1 aliphatic heterocycles. The van der Waals surface area contributed by atoms with Crippen LogP contribution in [0.25, 0.3) is 0 Å². The van der Waals surface area contributed by atoms with Crippen molar-refractivity contribution in [3.05, 3.63) is 46.7 Å². The normalized spacial score (nSPS) is 22.6. The fourth-order valence-corrected chi connectivity index (χ4v) is 5.29. The topological polar surface area (TPSA) is 44.8 Å². The zero-order valence-electron chi connectivity index (χ0n) is 17.9. The van der Waals surface area contributed by atoms with Gasteiger partial charge in [-0.3, -0.25) is 9.69 Å². The Morgan fingerprint density at radius 2 is 1.90 bits per heavy atom. The van der Waals surface area contributed by atoms with Gasteiger partial charge in [-0.05, 0) is 68.1 Å². The minimum Gasteiger partial charge on any atom is -0.497 e. The number of nitrogens with one attached hydrogen (secondary N) is 1. The van der Waals surface area contributed by atoms with E-state index in [-0.39, 0.29) is 5.91 Å². The highest BCUT2D eigenvalue weighted by molar-refractivity contribution is 7.12. The number of carbonyl (C=O) groups excluding carboxylic acids is 1. The third-order valence-electron chi connectivity index (χ3n) is 6.57. The average molecular weight is 428 g/mol. The molecule has 1 saturated heterocycles. The van der Waals surface area contributed by atoms with E-state index in [1.807, 2.05) is 23.6 Å². The number of piperazine rings is 1. The third kappa shape index (κ3) is 5.55. The van der Waals surface area contributed by atoms with Gasteiger partial charge >= 0.3 is 0 Å². The molecule has 1 N–H and O–H groups in total. The minimum atomic E-state index is 0.0994. The molecule has 2 aliphatic rings. The van der Waals surface area contributed by atoms with Gasteiger partial charge in [-0.2, -0.15) is 0 Å². The summed E-state index contributed by atoms with van der Waals surface area (Å²) in [5, 5.41) is 5.18. The van der Waals surface area contributed by atoms with Crippen LogP contribution in [0.5, 0.6) is 5.75 Å². The van der Waals surface area contributed by atoms with Gasteiger partial charge in [0.1, 0.15) is 5.75 Å². The van der Waals surface area contributed by atoms with Crippen molar-refractivity contribution < 1.29 is 9.53 Å². The molecule has 1 aromatic carbocycles. The van der Waals surface area contributed by atoms with Crippen molar-refractivity contribution in [3.63, 3.8) is 0 Å². The summed E-state index contributed by atoms with van der Waals surface area (Å²) in [6.07, 6.45) is 5.99. The van der Waals surface area contributed by atoms with Gasteiger partial charge in [-0.1, -0.05) is 12.1 Å². The molecule has 30 heavy (non-hydrogen) atoms. The van der Waals surface area contributed by atoms with Crippen LogP contribution in [0.15, 0.2) is 41.8 Å². The molecule has 1 amide bonds. The Morgan fingerprint density at radius 3 is 2.60 bits per heavy atom.